The predicted octanol–water partition coefficient (Wildman–Crippen LogP) is 5.50. The van der Waals surface area contributed by atoms with Gasteiger partial charge in [-0.25, -0.2) is 0 Å². The Morgan fingerprint density at radius 2 is 1.81 bits per heavy atom. The first-order chi connectivity index (χ1) is 7.83. The van der Waals surface area contributed by atoms with Crippen molar-refractivity contribution in [2.75, 3.05) is 0 Å². The fourth-order valence-corrected chi connectivity index (χ4v) is 7.75. The lowest BCUT2D eigenvalue weighted by molar-refractivity contribution is 0.958. The van der Waals surface area contributed by atoms with Gasteiger partial charge >= 0.3 is 0 Å². The van der Waals surface area contributed by atoms with E-state index in [2.05, 4.69) is 46.3 Å². The summed E-state index contributed by atoms with van der Waals surface area (Å²) in [6.07, 6.45) is 0. The number of rotatable bonds is 0. The predicted molar refractivity (Wildman–Crippen MR) is 75.7 cm³/mol. The second kappa shape index (κ2) is 3.55. The van der Waals surface area contributed by atoms with Crippen LogP contribution < -0.4 is 0 Å². The van der Waals surface area contributed by atoms with Crippen molar-refractivity contribution >= 4 is 50.8 Å². The highest BCUT2D eigenvalue weighted by molar-refractivity contribution is 9.11. The minimum Gasteiger partial charge on any atom is -0.131 e. The average Bonchev–Trinajstić information content (AvgIpc) is 2.87. The van der Waals surface area contributed by atoms with Crippen LogP contribution in [0.3, 0.4) is 0 Å². The monoisotopic (exact) mass is 326 g/mol. The lowest BCUT2D eigenvalue weighted by Gasteiger charge is -2.07. The molecule has 2 atom stereocenters. The van der Waals surface area contributed by atoms with Gasteiger partial charge in [0.2, 0.25) is 0 Å². The van der Waals surface area contributed by atoms with Gasteiger partial charge in [-0.15, -0.1) is 34.9 Å². The first-order valence-corrected chi connectivity index (χ1v) is 8.41. The summed E-state index contributed by atoms with van der Waals surface area (Å²) < 4.78 is 1.26. The van der Waals surface area contributed by atoms with E-state index in [4.69, 9.17) is 0 Å². The molecule has 0 radical (unpaired) electrons. The molecule has 0 saturated heterocycles. The van der Waals surface area contributed by atoms with Crippen LogP contribution in [0.15, 0.2) is 43.9 Å². The van der Waals surface area contributed by atoms with E-state index in [-0.39, 0.29) is 0 Å². The van der Waals surface area contributed by atoms with Crippen molar-refractivity contribution in [3.05, 3.63) is 44.6 Å². The topological polar surface area (TPSA) is 0 Å². The zero-order valence-electron chi connectivity index (χ0n) is 8.14. The van der Waals surface area contributed by atoms with Gasteiger partial charge in [0, 0.05) is 14.7 Å². The van der Waals surface area contributed by atoms with Crippen molar-refractivity contribution in [3.8, 4) is 0 Å². The number of benzene rings is 1. The van der Waals surface area contributed by atoms with Gasteiger partial charge in [-0.3, -0.25) is 0 Å². The van der Waals surface area contributed by atoms with Crippen LogP contribution in [0.1, 0.15) is 20.9 Å². The number of fused-ring (bicyclic) bond motifs is 5. The Morgan fingerprint density at radius 3 is 2.75 bits per heavy atom. The maximum absolute atomic E-state index is 3.59. The van der Waals surface area contributed by atoms with E-state index in [1.54, 1.807) is 4.88 Å². The van der Waals surface area contributed by atoms with Gasteiger partial charge in [-0.1, -0.05) is 18.2 Å². The maximum Gasteiger partial charge on any atom is 0.0713 e. The molecule has 0 saturated carbocycles. The molecule has 80 valence electrons. The summed E-state index contributed by atoms with van der Waals surface area (Å²) in [5.41, 5.74) is 1.53. The molecule has 4 heteroatoms. The molecule has 2 aromatic rings. The van der Waals surface area contributed by atoms with Crippen LogP contribution in [0.25, 0.3) is 0 Å². The normalized spacial score (nSPS) is 25.3. The fourth-order valence-electron chi connectivity index (χ4n) is 2.29. The van der Waals surface area contributed by atoms with Crippen molar-refractivity contribution in [2.45, 2.75) is 20.3 Å². The van der Waals surface area contributed by atoms with Gasteiger partial charge in [-0.05, 0) is 33.6 Å². The molecular formula is C12H7BrS3. The quantitative estimate of drug-likeness (QED) is 0.626. The molecule has 0 bridgehead atoms. The Hall–Kier alpha value is 0.1000. The lowest BCUT2D eigenvalue weighted by atomic mass is 10.1. The molecule has 2 unspecified atom stereocenters. The summed E-state index contributed by atoms with van der Waals surface area (Å²) >= 11 is 9.55. The molecule has 0 fully saturated rings. The second-order valence-electron chi connectivity index (χ2n) is 3.89. The molecular weight excluding hydrogens is 320 g/mol. The van der Waals surface area contributed by atoms with Gasteiger partial charge < -0.3 is 0 Å². The van der Waals surface area contributed by atoms with E-state index in [1.165, 1.54) is 19.1 Å². The van der Waals surface area contributed by atoms with Crippen LogP contribution in [0, 0.1) is 0 Å². The third-order valence-electron chi connectivity index (χ3n) is 2.96. The van der Waals surface area contributed by atoms with Crippen LogP contribution in [-0.2, 0) is 0 Å². The molecule has 4 rings (SSSR count). The molecule has 0 amide bonds. The second-order valence-corrected chi connectivity index (χ2v) is 8.72. The fraction of sp³-hybridized carbons (Fsp3) is 0.167. The third kappa shape index (κ3) is 1.30. The minimum atomic E-state index is 0.647. The van der Waals surface area contributed by atoms with E-state index in [9.17, 15) is 0 Å². The van der Waals surface area contributed by atoms with Crippen LogP contribution >= 0.6 is 50.8 Å². The minimum absolute atomic E-state index is 0.647. The van der Waals surface area contributed by atoms with Crippen LogP contribution in [0.2, 0.25) is 0 Å². The number of hydrogen-bond acceptors (Lipinski definition) is 3. The molecule has 0 spiro atoms. The van der Waals surface area contributed by atoms with Crippen LogP contribution in [-0.4, -0.2) is 0 Å². The molecule has 2 aliphatic heterocycles. The largest absolute Gasteiger partial charge is 0.131 e. The maximum atomic E-state index is 3.59. The highest BCUT2D eigenvalue weighted by atomic mass is 79.9. The Kier molecular flexibility index (Phi) is 2.23. The third-order valence-corrected chi connectivity index (χ3v) is 7.89. The van der Waals surface area contributed by atoms with Gasteiger partial charge in [0.1, 0.15) is 0 Å². The van der Waals surface area contributed by atoms with E-state index >= 15 is 0 Å². The van der Waals surface area contributed by atoms with Crippen molar-refractivity contribution in [2.24, 2.45) is 0 Å². The summed E-state index contributed by atoms with van der Waals surface area (Å²) in [7, 11) is 0. The molecule has 16 heavy (non-hydrogen) atoms. The Labute approximate surface area is 115 Å². The molecule has 1 aromatic carbocycles. The highest BCUT2D eigenvalue weighted by Crippen LogP contribution is 2.68. The zero-order valence-corrected chi connectivity index (χ0v) is 12.2. The molecule has 2 aliphatic rings. The molecule has 1 aromatic heterocycles. The zero-order chi connectivity index (χ0) is 10.7. The van der Waals surface area contributed by atoms with Gasteiger partial charge in [0.05, 0.1) is 14.3 Å². The summed E-state index contributed by atoms with van der Waals surface area (Å²) in [5, 5.41) is 1.30. The first kappa shape index (κ1) is 10.1. The lowest BCUT2D eigenvalue weighted by Crippen LogP contribution is -1.89. The van der Waals surface area contributed by atoms with Crippen molar-refractivity contribution in [1.29, 1.82) is 0 Å². The first-order valence-electron chi connectivity index (χ1n) is 5.04. The van der Waals surface area contributed by atoms with Crippen molar-refractivity contribution < 1.29 is 0 Å². The van der Waals surface area contributed by atoms with E-state index < -0.39 is 0 Å². The summed E-state index contributed by atoms with van der Waals surface area (Å²) in [4.78, 5) is 4.51. The molecule has 0 aliphatic carbocycles. The molecule has 3 heterocycles. The summed E-state index contributed by atoms with van der Waals surface area (Å²) in [5.74, 6) is 0. The number of hydrogen-bond donors (Lipinski definition) is 0. The smallest absolute Gasteiger partial charge is 0.0713 e. The summed E-state index contributed by atoms with van der Waals surface area (Å²) in [6.45, 7) is 0. The molecule has 0 N–H and O–H groups in total. The Bertz CT molecular complexity index is 575. The van der Waals surface area contributed by atoms with Crippen molar-refractivity contribution in [3.63, 3.8) is 0 Å². The van der Waals surface area contributed by atoms with E-state index in [0.29, 0.717) is 10.5 Å². The molecule has 0 nitrogen and oxygen atoms in total. The average molecular weight is 327 g/mol. The Morgan fingerprint density at radius 1 is 1.00 bits per heavy atom. The van der Waals surface area contributed by atoms with Crippen LogP contribution in [0.4, 0.5) is 0 Å². The SMILES string of the molecule is Brc1cc2c(s1)C1Sc3ccccc3C1S2. The van der Waals surface area contributed by atoms with Gasteiger partial charge in [0.15, 0.2) is 0 Å². The van der Waals surface area contributed by atoms with Crippen molar-refractivity contribution in [1.82, 2.24) is 0 Å². The van der Waals surface area contributed by atoms with E-state index in [0.717, 1.165) is 0 Å². The Balaban J connectivity index is 1.84. The number of thioether (sulfide) groups is 2. The number of thiophene rings is 1. The standard InChI is InChI=1S/C12H7BrS3/c13-9-5-8-11(16-9)12-10(15-8)6-3-1-2-4-7(6)14-12/h1-5,10,12H. The van der Waals surface area contributed by atoms with Gasteiger partial charge in [0.25, 0.3) is 0 Å². The number of halogens is 1. The van der Waals surface area contributed by atoms with E-state index in [1.807, 2.05) is 34.9 Å². The highest BCUT2D eigenvalue weighted by Gasteiger charge is 2.42. The van der Waals surface area contributed by atoms with Crippen LogP contribution in [0.5, 0.6) is 0 Å². The van der Waals surface area contributed by atoms with Gasteiger partial charge in [-0.2, -0.15) is 0 Å². The summed E-state index contributed by atoms with van der Waals surface area (Å²) in [6, 6.07) is 11.1.